The van der Waals surface area contributed by atoms with E-state index in [-0.39, 0.29) is 0 Å². The smallest absolute Gasteiger partial charge is 0.118 e. The maximum Gasteiger partial charge on any atom is 0.118 e. The Hall–Kier alpha value is -2.20. The van der Waals surface area contributed by atoms with Gasteiger partial charge in [-0.25, -0.2) is 0 Å². The SMILES string of the molecule is COc1ccc(-c2nsnc2-c2ccccc2)cc1. The second kappa shape index (κ2) is 5.20. The van der Waals surface area contributed by atoms with Crippen molar-refractivity contribution >= 4 is 11.7 Å². The summed E-state index contributed by atoms with van der Waals surface area (Å²) < 4.78 is 14.0. The van der Waals surface area contributed by atoms with E-state index >= 15 is 0 Å². The first kappa shape index (κ1) is 11.9. The fourth-order valence-electron chi connectivity index (χ4n) is 1.91. The summed E-state index contributed by atoms with van der Waals surface area (Å²) in [4.78, 5) is 0. The number of rotatable bonds is 3. The number of benzene rings is 2. The van der Waals surface area contributed by atoms with Crippen LogP contribution in [0.2, 0.25) is 0 Å². The van der Waals surface area contributed by atoms with Gasteiger partial charge in [0.15, 0.2) is 0 Å². The van der Waals surface area contributed by atoms with Crippen LogP contribution in [0.1, 0.15) is 0 Å². The predicted molar refractivity (Wildman–Crippen MR) is 77.3 cm³/mol. The number of nitrogens with zero attached hydrogens (tertiary/aromatic N) is 2. The molecule has 0 radical (unpaired) electrons. The largest absolute Gasteiger partial charge is 0.497 e. The van der Waals surface area contributed by atoms with E-state index in [0.717, 1.165) is 28.3 Å². The lowest BCUT2D eigenvalue weighted by Crippen LogP contribution is -1.85. The molecule has 4 heteroatoms. The number of hydrogen-bond donors (Lipinski definition) is 0. The van der Waals surface area contributed by atoms with Crippen molar-refractivity contribution < 1.29 is 4.74 Å². The highest BCUT2D eigenvalue weighted by Gasteiger charge is 2.12. The van der Waals surface area contributed by atoms with Gasteiger partial charge in [-0.15, -0.1) is 0 Å². The Balaban J connectivity index is 2.04. The van der Waals surface area contributed by atoms with Crippen molar-refractivity contribution in [1.82, 2.24) is 8.75 Å². The molecule has 0 bridgehead atoms. The molecule has 0 saturated heterocycles. The van der Waals surface area contributed by atoms with Crippen molar-refractivity contribution in [2.24, 2.45) is 0 Å². The van der Waals surface area contributed by atoms with E-state index < -0.39 is 0 Å². The van der Waals surface area contributed by atoms with Crippen molar-refractivity contribution in [2.45, 2.75) is 0 Å². The van der Waals surface area contributed by atoms with E-state index in [9.17, 15) is 0 Å². The lowest BCUT2D eigenvalue weighted by Gasteiger charge is -2.03. The Bertz CT molecular complexity index is 662. The average molecular weight is 268 g/mol. The highest BCUT2D eigenvalue weighted by atomic mass is 32.1. The summed E-state index contributed by atoms with van der Waals surface area (Å²) in [5, 5.41) is 0. The zero-order valence-corrected chi connectivity index (χ0v) is 11.2. The molecule has 1 aromatic heterocycles. The maximum atomic E-state index is 5.17. The quantitative estimate of drug-likeness (QED) is 0.723. The normalized spacial score (nSPS) is 10.4. The zero-order valence-electron chi connectivity index (χ0n) is 10.4. The molecule has 0 atom stereocenters. The van der Waals surface area contributed by atoms with Crippen LogP contribution in [0.25, 0.3) is 22.5 Å². The molecule has 3 nitrogen and oxygen atoms in total. The van der Waals surface area contributed by atoms with Gasteiger partial charge in [0.05, 0.1) is 18.8 Å². The van der Waals surface area contributed by atoms with Gasteiger partial charge in [-0.2, -0.15) is 8.75 Å². The number of ether oxygens (including phenoxy) is 1. The molecule has 3 rings (SSSR count). The van der Waals surface area contributed by atoms with Gasteiger partial charge in [0.1, 0.15) is 17.1 Å². The van der Waals surface area contributed by atoms with Gasteiger partial charge in [-0.05, 0) is 24.3 Å². The number of aromatic nitrogens is 2. The molecule has 94 valence electrons. The molecule has 3 aromatic rings. The first-order valence-corrected chi connectivity index (χ1v) is 6.64. The van der Waals surface area contributed by atoms with Gasteiger partial charge in [0.25, 0.3) is 0 Å². The summed E-state index contributed by atoms with van der Waals surface area (Å²) in [7, 11) is 1.66. The van der Waals surface area contributed by atoms with Crippen molar-refractivity contribution in [3.8, 4) is 28.3 Å². The van der Waals surface area contributed by atoms with E-state index in [1.807, 2.05) is 54.6 Å². The van der Waals surface area contributed by atoms with Gasteiger partial charge in [-0.1, -0.05) is 30.3 Å². The number of hydrogen-bond acceptors (Lipinski definition) is 4. The van der Waals surface area contributed by atoms with Gasteiger partial charge < -0.3 is 4.74 Å². The number of methoxy groups -OCH3 is 1. The molecular weight excluding hydrogens is 256 g/mol. The van der Waals surface area contributed by atoms with Crippen LogP contribution in [0.3, 0.4) is 0 Å². The van der Waals surface area contributed by atoms with Crippen molar-refractivity contribution in [3.05, 3.63) is 54.6 Å². The molecule has 0 aliphatic rings. The molecule has 0 fully saturated rings. The topological polar surface area (TPSA) is 35.0 Å². The first-order valence-electron chi connectivity index (χ1n) is 5.91. The second-order valence-corrected chi connectivity index (χ2v) is 4.58. The highest BCUT2D eigenvalue weighted by Crippen LogP contribution is 2.30. The molecule has 19 heavy (non-hydrogen) atoms. The predicted octanol–water partition coefficient (Wildman–Crippen LogP) is 3.88. The minimum absolute atomic E-state index is 0.841. The van der Waals surface area contributed by atoms with E-state index in [1.165, 1.54) is 11.7 Å². The minimum atomic E-state index is 0.841. The van der Waals surface area contributed by atoms with Crippen LogP contribution >= 0.6 is 11.7 Å². The lowest BCUT2D eigenvalue weighted by atomic mass is 10.1. The molecule has 0 unspecified atom stereocenters. The lowest BCUT2D eigenvalue weighted by molar-refractivity contribution is 0.415. The Morgan fingerprint density at radius 3 is 1.95 bits per heavy atom. The summed E-state index contributed by atoms with van der Waals surface area (Å²) in [6.07, 6.45) is 0. The van der Waals surface area contributed by atoms with Crippen LogP contribution in [0, 0.1) is 0 Å². The Kier molecular flexibility index (Phi) is 3.25. The van der Waals surface area contributed by atoms with Crippen molar-refractivity contribution in [1.29, 1.82) is 0 Å². The summed E-state index contributed by atoms with van der Waals surface area (Å²) in [6.45, 7) is 0. The van der Waals surface area contributed by atoms with Crippen LogP contribution in [-0.2, 0) is 0 Å². The van der Waals surface area contributed by atoms with E-state index in [1.54, 1.807) is 7.11 Å². The highest BCUT2D eigenvalue weighted by molar-refractivity contribution is 6.99. The standard InChI is InChI=1S/C15H12N2OS/c1-18-13-9-7-12(8-10-13)15-14(16-19-17-15)11-5-3-2-4-6-11/h2-10H,1H3. The van der Waals surface area contributed by atoms with E-state index in [0.29, 0.717) is 0 Å². The fraction of sp³-hybridized carbons (Fsp3) is 0.0667. The van der Waals surface area contributed by atoms with Crippen LogP contribution in [0.4, 0.5) is 0 Å². The third-order valence-electron chi connectivity index (χ3n) is 2.90. The van der Waals surface area contributed by atoms with Gasteiger partial charge in [-0.3, -0.25) is 0 Å². The third-order valence-corrected chi connectivity index (χ3v) is 3.43. The molecule has 1 heterocycles. The summed E-state index contributed by atoms with van der Waals surface area (Å²) in [5.74, 6) is 0.841. The average Bonchev–Trinajstić information content (AvgIpc) is 2.98. The van der Waals surface area contributed by atoms with Crippen LogP contribution in [0.5, 0.6) is 5.75 Å². The zero-order chi connectivity index (χ0) is 13.1. The Morgan fingerprint density at radius 2 is 1.37 bits per heavy atom. The molecule has 0 aliphatic carbocycles. The van der Waals surface area contributed by atoms with E-state index in [2.05, 4.69) is 8.75 Å². The second-order valence-electron chi connectivity index (χ2n) is 4.06. The molecule has 2 aromatic carbocycles. The van der Waals surface area contributed by atoms with Gasteiger partial charge in [0, 0.05) is 11.1 Å². The third kappa shape index (κ3) is 2.35. The molecule has 0 amide bonds. The van der Waals surface area contributed by atoms with Crippen molar-refractivity contribution in [2.75, 3.05) is 7.11 Å². The first-order chi connectivity index (χ1) is 9.38. The summed E-state index contributed by atoms with van der Waals surface area (Å²) in [5.41, 5.74) is 3.98. The van der Waals surface area contributed by atoms with Crippen LogP contribution < -0.4 is 4.74 Å². The monoisotopic (exact) mass is 268 g/mol. The van der Waals surface area contributed by atoms with Crippen LogP contribution in [0.15, 0.2) is 54.6 Å². The minimum Gasteiger partial charge on any atom is -0.497 e. The maximum absolute atomic E-state index is 5.17. The Labute approximate surface area is 115 Å². The summed E-state index contributed by atoms with van der Waals surface area (Å²) in [6, 6.07) is 18.0. The fourth-order valence-corrected chi connectivity index (χ4v) is 2.50. The summed E-state index contributed by atoms with van der Waals surface area (Å²) >= 11 is 1.23. The van der Waals surface area contributed by atoms with Gasteiger partial charge >= 0.3 is 0 Å². The van der Waals surface area contributed by atoms with Crippen molar-refractivity contribution in [3.63, 3.8) is 0 Å². The molecule has 0 saturated carbocycles. The molecule has 0 spiro atoms. The molecule has 0 aliphatic heterocycles. The molecule has 0 N–H and O–H groups in total. The molecular formula is C15H12N2OS. The van der Waals surface area contributed by atoms with E-state index in [4.69, 9.17) is 4.74 Å². The Morgan fingerprint density at radius 1 is 0.789 bits per heavy atom. The van der Waals surface area contributed by atoms with Crippen LogP contribution in [-0.4, -0.2) is 15.9 Å². The van der Waals surface area contributed by atoms with Gasteiger partial charge in [0.2, 0.25) is 0 Å².